The van der Waals surface area contributed by atoms with E-state index in [0.29, 0.717) is 17.7 Å². The molecule has 1 aromatic carbocycles. The van der Waals surface area contributed by atoms with Gasteiger partial charge in [-0.3, -0.25) is 10.1 Å². The molecule has 1 fully saturated rings. The van der Waals surface area contributed by atoms with Crippen LogP contribution in [0, 0.1) is 0 Å². The number of fused-ring (bicyclic) bond motifs is 1. The second-order valence-electron chi connectivity index (χ2n) is 5.90. The Hall–Kier alpha value is -2.35. The van der Waals surface area contributed by atoms with Gasteiger partial charge in [0, 0.05) is 18.0 Å². The van der Waals surface area contributed by atoms with Crippen molar-refractivity contribution < 1.29 is 9.59 Å². The molecule has 1 aliphatic carbocycles. The molecule has 1 heterocycles. The molecule has 0 aliphatic heterocycles. The molecule has 1 saturated carbocycles. The number of nitrogens with zero attached hydrogens (tertiary/aromatic N) is 2. The molecule has 3 rings (SSSR count). The minimum Gasteiger partial charge on any atom is -0.367 e. The number of aromatic nitrogens is 2. The van der Waals surface area contributed by atoms with Gasteiger partial charge in [-0.25, -0.2) is 14.8 Å². The lowest BCUT2D eigenvalue weighted by atomic mass is 10.2. The van der Waals surface area contributed by atoms with E-state index in [0.717, 1.165) is 29.6 Å². The van der Waals surface area contributed by atoms with Crippen molar-refractivity contribution in [3.8, 4) is 0 Å². The number of hydrogen-bond donors (Lipinski definition) is 3. The van der Waals surface area contributed by atoms with Gasteiger partial charge in [-0.15, -0.1) is 0 Å². The summed E-state index contributed by atoms with van der Waals surface area (Å²) >= 11 is 1.23. The van der Waals surface area contributed by atoms with Crippen LogP contribution < -0.4 is 16.0 Å². The molecule has 25 heavy (non-hydrogen) atoms. The van der Waals surface area contributed by atoms with Gasteiger partial charge in [0.1, 0.15) is 5.82 Å². The molecule has 0 spiro atoms. The lowest BCUT2D eigenvalue weighted by Crippen LogP contribution is -2.42. The maximum absolute atomic E-state index is 12.1. The summed E-state index contributed by atoms with van der Waals surface area (Å²) in [6, 6.07) is 7.78. The first-order valence-corrected chi connectivity index (χ1v) is 9.23. The van der Waals surface area contributed by atoms with Crippen molar-refractivity contribution >= 4 is 40.4 Å². The van der Waals surface area contributed by atoms with E-state index in [9.17, 15) is 9.59 Å². The summed E-state index contributed by atoms with van der Waals surface area (Å²) < 4.78 is 0. The monoisotopic (exact) mass is 359 g/mol. The number of carbonyl (C=O) groups is 2. The van der Waals surface area contributed by atoms with Gasteiger partial charge in [-0.2, -0.15) is 0 Å². The van der Waals surface area contributed by atoms with Gasteiger partial charge in [-0.05, 0) is 38.8 Å². The predicted molar refractivity (Wildman–Crippen MR) is 98.7 cm³/mol. The van der Waals surface area contributed by atoms with Gasteiger partial charge in [0.25, 0.3) is 0 Å². The molecule has 0 bridgehead atoms. The number of thioether (sulfide) groups is 1. The van der Waals surface area contributed by atoms with Crippen LogP contribution in [0.1, 0.15) is 26.7 Å². The molecule has 1 aliphatic rings. The predicted octanol–water partition coefficient (Wildman–Crippen LogP) is 2.53. The highest BCUT2D eigenvalue weighted by Gasteiger charge is 2.24. The minimum atomic E-state index is -0.490. The van der Waals surface area contributed by atoms with Crippen LogP contribution in [0.3, 0.4) is 0 Å². The Bertz CT molecular complexity index is 794. The van der Waals surface area contributed by atoms with Crippen LogP contribution in [-0.2, 0) is 4.79 Å². The zero-order valence-electron chi connectivity index (χ0n) is 14.2. The Kier molecular flexibility index (Phi) is 5.37. The van der Waals surface area contributed by atoms with Gasteiger partial charge in [0.05, 0.1) is 10.8 Å². The molecule has 7 nitrogen and oxygen atoms in total. The Morgan fingerprint density at radius 2 is 2.04 bits per heavy atom. The van der Waals surface area contributed by atoms with Crippen LogP contribution >= 0.6 is 11.8 Å². The molecule has 1 atom stereocenters. The fourth-order valence-corrected chi connectivity index (χ4v) is 3.05. The fraction of sp³-hybridized carbons (Fsp3) is 0.412. The molecule has 3 amide bonds. The van der Waals surface area contributed by atoms with Crippen LogP contribution in [0.4, 0.5) is 10.6 Å². The topological polar surface area (TPSA) is 96.0 Å². The van der Waals surface area contributed by atoms with E-state index in [2.05, 4.69) is 25.9 Å². The summed E-state index contributed by atoms with van der Waals surface area (Å²) in [5, 5.41) is 9.27. The van der Waals surface area contributed by atoms with E-state index in [4.69, 9.17) is 0 Å². The number of hydrogen-bond acceptors (Lipinski definition) is 6. The second kappa shape index (κ2) is 7.69. The molecule has 132 valence electrons. The van der Waals surface area contributed by atoms with Crippen molar-refractivity contribution in [3.63, 3.8) is 0 Å². The van der Waals surface area contributed by atoms with E-state index in [1.165, 1.54) is 11.8 Å². The van der Waals surface area contributed by atoms with Crippen molar-refractivity contribution in [3.05, 3.63) is 24.3 Å². The van der Waals surface area contributed by atoms with E-state index < -0.39 is 11.3 Å². The summed E-state index contributed by atoms with van der Waals surface area (Å²) in [7, 11) is 0. The number of carbonyl (C=O) groups excluding carboxylic acids is 2. The van der Waals surface area contributed by atoms with E-state index in [1.54, 1.807) is 13.8 Å². The maximum Gasteiger partial charge on any atom is 0.321 e. The number of nitrogens with one attached hydrogen (secondary N) is 3. The van der Waals surface area contributed by atoms with Gasteiger partial charge in [-0.1, -0.05) is 23.9 Å². The molecule has 8 heteroatoms. The standard InChI is InChI=1S/C17H21N5O2S/c1-3-18-16(24)22-15(23)10(2)25-17-20-13-7-5-4-6-12(13)14(21-17)19-11-8-9-11/h4-7,10-11H,3,8-9H2,1-2H3,(H,19,20,21)(H2,18,22,23,24). The Morgan fingerprint density at radius 1 is 1.28 bits per heavy atom. The fourth-order valence-electron chi connectivity index (χ4n) is 2.27. The first-order chi connectivity index (χ1) is 12.1. The van der Waals surface area contributed by atoms with Crippen molar-refractivity contribution in [2.45, 2.75) is 43.1 Å². The third-order valence-corrected chi connectivity index (χ3v) is 4.69. The number of amides is 3. The van der Waals surface area contributed by atoms with Crippen molar-refractivity contribution in [2.24, 2.45) is 0 Å². The highest BCUT2D eigenvalue weighted by atomic mass is 32.2. The van der Waals surface area contributed by atoms with Crippen molar-refractivity contribution in [2.75, 3.05) is 11.9 Å². The molecule has 1 unspecified atom stereocenters. The van der Waals surface area contributed by atoms with Crippen molar-refractivity contribution in [1.29, 1.82) is 0 Å². The SMILES string of the molecule is CCNC(=O)NC(=O)C(C)Sc1nc(NC2CC2)c2ccccc2n1. The van der Waals surface area contributed by atoms with E-state index >= 15 is 0 Å². The Morgan fingerprint density at radius 3 is 2.76 bits per heavy atom. The first-order valence-electron chi connectivity index (χ1n) is 8.35. The summed E-state index contributed by atoms with van der Waals surface area (Å²) in [6.45, 7) is 3.98. The highest BCUT2D eigenvalue weighted by molar-refractivity contribution is 8.00. The molecular formula is C17H21N5O2S. The van der Waals surface area contributed by atoms with Gasteiger partial charge in [0.2, 0.25) is 5.91 Å². The Balaban J connectivity index is 1.76. The lowest BCUT2D eigenvalue weighted by Gasteiger charge is -2.13. The molecule has 0 radical (unpaired) electrons. The third-order valence-electron chi connectivity index (χ3n) is 3.73. The number of urea groups is 1. The van der Waals surface area contributed by atoms with Gasteiger partial charge >= 0.3 is 6.03 Å². The van der Waals surface area contributed by atoms with E-state index in [-0.39, 0.29) is 5.91 Å². The average molecular weight is 359 g/mol. The van der Waals surface area contributed by atoms with Crippen LogP contribution in [-0.4, -0.2) is 39.7 Å². The highest BCUT2D eigenvalue weighted by Crippen LogP contribution is 2.30. The number of benzene rings is 1. The zero-order chi connectivity index (χ0) is 17.8. The largest absolute Gasteiger partial charge is 0.367 e. The molecule has 3 N–H and O–H groups in total. The average Bonchev–Trinajstić information content (AvgIpc) is 3.39. The Labute approximate surface area is 150 Å². The van der Waals surface area contributed by atoms with E-state index in [1.807, 2.05) is 24.3 Å². The van der Waals surface area contributed by atoms with Crippen LogP contribution in [0.25, 0.3) is 10.9 Å². The quantitative estimate of drug-likeness (QED) is 0.542. The van der Waals surface area contributed by atoms with Crippen LogP contribution in [0.15, 0.2) is 29.4 Å². The normalized spacial score (nSPS) is 14.8. The van der Waals surface area contributed by atoms with Crippen LogP contribution in [0.2, 0.25) is 0 Å². The van der Waals surface area contributed by atoms with Gasteiger partial charge in [0.15, 0.2) is 5.16 Å². The number of rotatable bonds is 6. The van der Waals surface area contributed by atoms with Gasteiger partial charge < -0.3 is 10.6 Å². The molecule has 1 aromatic heterocycles. The summed E-state index contributed by atoms with van der Waals surface area (Å²) in [4.78, 5) is 32.7. The maximum atomic E-state index is 12.1. The molecule has 2 aromatic rings. The number of imide groups is 1. The lowest BCUT2D eigenvalue weighted by molar-refractivity contribution is -0.119. The molecular weight excluding hydrogens is 338 g/mol. The van der Waals surface area contributed by atoms with Crippen LogP contribution in [0.5, 0.6) is 0 Å². The van der Waals surface area contributed by atoms with Crippen molar-refractivity contribution in [1.82, 2.24) is 20.6 Å². The second-order valence-corrected chi connectivity index (χ2v) is 7.21. The number of para-hydroxylation sites is 1. The minimum absolute atomic E-state index is 0.371. The summed E-state index contributed by atoms with van der Waals surface area (Å²) in [5.41, 5.74) is 0.833. The third kappa shape index (κ3) is 4.60. The first kappa shape index (κ1) is 17.5. The smallest absolute Gasteiger partial charge is 0.321 e. The summed E-state index contributed by atoms with van der Waals surface area (Å²) in [6.07, 6.45) is 2.29. The molecule has 0 saturated heterocycles. The zero-order valence-corrected chi connectivity index (χ0v) is 15.0. The number of anilines is 1. The summed E-state index contributed by atoms with van der Waals surface area (Å²) in [5.74, 6) is 0.427.